The summed E-state index contributed by atoms with van der Waals surface area (Å²) in [6, 6.07) is 0. The summed E-state index contributed by atoms with van der Waals surface area (Å²) in [5.41, 5.74) is 0.652. The second-order valence-electron chi connectivity index (χ2n) is 3.95. The molecule has 0 N–H and O–H groups in total. The first-order valence-electron chi connectivity index (χ1n) is 4.72. The van der Waals surface area contributed by atoms with Gasteiger partial charge < -0.3 is 5.41 Å². The molecule has 0 bridgehead atoms. The van der Waals surface area contributed by atoms with Crippen molar-refractivity contribution >= 4 is 5.71 Å². The van der Waals surface area contributed by atoms with Crippen LogP contribution in [-0.4, -0.2) is 5.71 Å². The van der Waals surface area contributed by atoms with Crippen molar-refractivity contribution in [1.82, 2.24) is 0 Å². The van der Waals surface area contributed by atoms with Crippen molar-refractivity contribution in [3.05, 3.63) is 5.41 Å². The topological polar surface area (TPSA) is 22.3 Å². The first-order chi connectivity index (χ1) is 5.20. The molecule has 0 aliphatic heterocycles. The van der Waals surface area contributed by atoms with Crippen LogP contribution in [0.15, 0.2) is 0 Å². The van der Waals surface area contributed by atoms with Gasteiger partial charge in [-0.1, -0.05) is 33.1 Å². The van der Waals surface area contributed by atoms with Gasteiger partial charge in [0.05, 0.1) is 0 Å². The zero-order valence-corrected chi connectivity index (χ0v) is 7.64. The van der Waals surface area contributed by atoms with E-state index in [-0.39, 0.29) is 0 Å². The molecular formula is C10H18N-. The maximum absolute atomic E-state index is 9.31. The highest BCUT2D eigenvalue weighted by atomic mass is 14.4. The smallest absolute Gasteiger partial charge is 0.0422 e. The Kier molecular flexibility index (Phi) is 3.10. The van der Waals surface area contributed by atoms with Gasteiger partial charge in [-0.15, -0.1) is 0 Å². The molecule has 0 aromatic heterocycles. The summed E-state index contributed by atoms with van der Waals surface area (Å²) in [6.07, 6.45) is 6.34. The van der Waals surface area contributed by atoms with E-state index in [1.807, 2.05) is 6.92 Å². The van der Waals surface area contributed by atoms with Gasteiger partial charge in [0.15, 0.2) is 0 Å². The van der Waals surface area contributed by atoms with E-state index in [1.165, 1.54) is 32.1 Å². The van der Waals surface area contributed by atoms with Crippen LogP contribution in [0.1, 0.15) is 46.0 Å². The minimum absolute atomic E-state index is 0.500. The highest BCUT2D eigenvalue weighted by Gasteiger charge is 2.13. The number of rotatable bonds is 1. The van der Waals surface area contributed by atoms with E-state index >= 15 is 0 Å². The van der Waals surface area contributed by atoms with Crippen molar-refractivity contribution < 1.29 is 0 Å². The zero-order chi connectivity index (χ0) is 8.27. The summed E-state index contributed by atoms with van der Waals surface area (Å²) in [7, 11) is 0. The predicted molar refractivity (Wildman–Crippen MR) is 49.8 cm³/mol. The molecule has 0 aromatic rings. The maximum atomic E-state index is 9.31. The van der Waals surface area contributed by atoms with Crippen molar-refractivity contribution in [1.29, 1.82) is 0 Å². The molecule has 0 saturated heterocycles. The first kappa shape index (κ1) is 8.76. The standard InChI is InChI=1S/C10H18N/c1-8-4-3-5-10(7-6-8)9(2)11/h8,10H,3-7H2,1-2H3/q-1/t8-,10-/m0/s1. The number of nitrogens with zero attached hydrogens (tertiary/aromatic N) is 1. The highest BCUT2D eigenvalue weighted by Crippen LogP contribution is 2.27. The molecule has 0 spiro atoms. The van der Waals surface area contributed by atoms with Gasteiger partial charge in [-0.05, 0) is 24.7 Å². The van der Waals surface area contributed by atoms with Crippen LogP contribution in [0.2, 0.25) is 0 Å². The summed E-state index contributed by atoms with van der Waals surface area (Å²) >= 11 is 0. The SMILES string of the molecule is CC(=[N-])[C@H]1CCC[C@H](C)CC1. The van der Waals surface area contributed by atoms with Gasteiger partial charge in [-0.2, -0.15) is 0 Å². The maximum Gasteiger partial charge on any atom is -0.0422 e. The van der Waals surface area contributed by atoms with Gasteiger partial charge in [0.1, 0.15) is 0 Å². The monoisotopic (exact) mass is 152 g/mol. The molecule has 1 aliphatic carbocycles. The van der Waals surface area contributed by atoms with E-state index in [0.717, 1.165) is 5.92 Å². The van der Waals surface area contributed by atoms with Crippen LogP contribution in [0.5, 0.6) is 0 Å². The molecule has 1 heteroatoms. The van der Waals surface area contributed by atoms with Gasteiger partial charge in [0.2, 0.25) is 0 Å². The third kappa shape index (κ3) is 2.64. The molecular weight excluding hydrogens is 134 g/mol. The quantitative estimate of drug-likeness (QED) is 0.406. The molecule has 1 fully saturated rings. The molecule has 2 atom stereocenters. The highest BCUT2D eigenvalue weighted by molar-refractivity contribution is 5.87. The summed E-state index contributed by atoms with van der Waals surface area (Å²) < 4.78 is 0. The average Bonchev–Trinajstić information content (AvgIpc) is 2.13. The van der Waals surface area contributed by atoms with E-state index in [1.54, 1.807) is 0 Å². The molecule has 64 valence electrons. The Bertz CT molecular complexity index is 140. The van der Waals surface area contributed by atoms with E-state index in [4.69, 9.17) is 0 Å². The van der Waals surface area contributed by atoms with Crippen molar-refractivity contribution in [3.8, 4) is 0 Å². The van der Waals surface area contributed by atoms with Gasteiger partial charge >= 0.3 is 0 Å². The lowest BCUT2D eigenvalue weighted by molar-refractivity contribution is 0.499. The largest absolute Gasteiger partial charge is 0.811 e. The molecule has 1 saturated carbocycles. The van der Waals surface area contributed by atoms with Crippen molar-refractivity contribution in [2.45, 2.75) is 46.0 Å². The second-order valence-corrected chi connectivity index (χ2v) is 3.95. The lowest BCUT2D eigenvalue weighted by Crippen LogP contribution is -2.07. The van der Waals surface area contributed by atoms with E-state index in [9.17, 15) is 5.41 Å². The third-order valence-electron chi connectivity index (χ3n) is 2.85. The fraction of sp³-hybridized carbons (Fsp3) is 0.900. The fourth-order valence-corrected chi connectivity index (χ4v) is 1.90. The molecule has 1 rings (SSSR count). The van der Waals surface area contributed by atoms with Crippen LogP contribution in [0, 0.1) is 11.8 Å². The molecule has 0 unspecified atom stereocenters. The Balaban J connectivity index is 2.40. The Morgan fingerprint density at radius 3 is 2.55 bits per heavy atom. The minimum Gasteiger partial charge on any atom is -0.811 e. The molecule has 1 nitrogen and oxygen atoms in total. The second kappa shape index (κ2) is 3.89. The molecule has 0 radical (unpaired) electrons. The Morgan fingerprint density at radius 1 is 1.18 bits per heavy atom. The molecule has 1 aliphatic rings. The molecule has 0 amide bonds. The van der Waals surface area contributed by atoms with Gasteiger partial charge in [-0.3, -0.25) is 0 Å². The van der Waals surface area contributed by atoms with Crippen molar-refractivity contribution in [2.75, 3.05) is 0 Å². The lowest BCUT2D eigenvalue weighted by atomic mass is 9.95. The number of hydrogen-bond acceptors (Lipinski definition) is 0. The van der Waals surface area contributed by atoms with Crippen LogP contribution in [0.3, 0.4) is 0 Å². The Morgan fingerprint density at radius 2 is 1.91 bits per heavy atom. The Labute approximate surface area is 69.7 Å². The normalized spacial score (nSPS) is 32.9. The molecule has 0 heterocycles. The van der Waals surface area contributed by atoms with E-state index < -0.39 is 0 Å². The fourth-order valence-electron chi connectivity index (χ4n) is 1.90. The average molecular weight is 152 g/mol. The summed E-state index contributed by atoms with van der Waals surface area (Å²) in [4.78, 5) is 0. The van der Waals surface area contributed by atoms with Crippen LogP contribution in [-0.2, 0) is 0 Å². The third-order valence-corrected chi connectivity index (χ3v) is 2.85. The van der Waals surface area contributed by atoms with Crippen LogP contribution in [0.25, 0.3) is 5.41 Å². The first-order valence-corrected chi connectivity index (χ1v) is 4.72. The lowest BCUT2D eigenvalue weighted by Gasteiger charge is -2.19. The van der Waals surface area contributed by atoms with Crippen molar-refractivity contribution in [2.24, 2.45) is 11.8 Å². The van der Waals surface area contributed by atoms with Crippen LogP contribution < -0.4 is 0 Å². The van der Waals surface area contributed by atoms with Gasteiger partial charge in [0.25, 0.3) is 0 Å². The Hall–Kier alpha value is -0.330. The van der Waals surface area contributed by atoms with Crippen LogP contribution >= 0.6 is 0 Å². The summed E-state index contributed by atoms with van der Waals surface area (Å²) in [5, 5.41) is 9.31. The van der Waals surface area contributed by atoms with E-state index in [2.05, 4.69) is 6.92 Å². The predicted octanol–water partition coefficient (Wildman–Crippen LogP) is 3.23. The number of hydrogen-bond donors (Lipinski definition) is 0. The molecule has 0 aromatic carbocycles. The van der Waals surface area contributed by atoms with Gasteiger partial charge in [-0.25, -0.2) is 5.71 Å². The minimum atomic E-state index is 0.500. The van der Waals surface area contributed by atoms with E-state index in [0.29, 0.717) is 11.6 Å². The van der Waals surface area contributed by atoms with Crippen LogP contribution in [0.4, 0.5) is 0 Å². The van der Waals surface area contributed by atoms with Crippen molar-refractivity contribution in [3.63, 3.8) is 0 Å². The zero-order valence-electron chi connectivity index (χ0n) is 7.64. The summed E-state index contributed by atoms with van der Waals surface area (Å²) in [6.45, 7) is 4.16. The molecule has 11 heavy (non-hydrogen) atoms. The van der Waals surface area contributed by atoms with Gasteiger partial charge in [0, 0.05) is 0 Å². The summed E-state index contributed by atoms with van der Waals surface area (Å²) in [5.74, 6) is 1.37.